The van der Waals surface area contributed by atoms with E-state index in [2.05, 4.69) is 9.68 Å². The van der Waals surface area contributed by atoms with Gasteiger partial charge in [-0.15, -0.1) is 4.36 Å². The second kappa shape index (κ2) is 5.76. The third kappa shape index (κ3) is 2.93. The predicted molar refractivity (Wildman–Crippen MR) is 83.8 cm³/mol. The summed E-state index contributed by atoms with van der Waals surface area (Å²) < 4.78 is 25.6. The second-order valence-corrected chi connectivity index (χ2v) is 5.10. The summed E-state index contributed by atoms with van der Waals surface area (Å²) in [6.07, 6.45) is 3.56. The average molecular weight is 296 g/mol. The van der Waals surface area contributed by atoms with Crippen molar-refractivity contribution in [1.82, 2.24) is 0 Å². The molecular weight excluding hydrogens is 284 g/mol. The molecule has 0 amide bonds. The Morgan fingerprint density at radius 2 is 1.57 bits per heavy atom. The van der Waals surface area contributed by atoms with Crippen molar-refractivity contribution in [1.29, 1.82) is 0 Å². The van der Waals surface area contributed by atoms with Crippen LogP contribution in [-0.2, 0) is 10.5 Å². The first-order valence-corrected chi connectivity index (χ1v) is 7.42. The van der Waals surface area contributed by atoms with Gasteiger partial charge < -0.3 is 5.32 Å². The Labute approximate surface area is 124 Å². The molecule has 104 valence electrons. The molecule has 3 rings (SSSR count). The van der Waals surface area contributed by atoms with Gasteiger partial charge in [0.1, 0.15) is 5.70 Å². The lowest BCUT2D eigenvalue weighted by Gasteiger charge is -2.12. The minimum Gasteiger partial charge on any atom is -0.353 e. The van der Waals surface area contributed by atoms with Crippen molar-refractivity contribution >= 4 is 28.0 Å². The lowest BCUT2D eigenvalue weighted by molar-refractivity contribution is 0.622. The van der Waals surface area contributed by atoms with Gasteiger partial charge in [-0.3, -0.25) is 0 Å². The molecule has 5 heteroatoms. The molecule has 0 radical (unpaired) electrons. The minimum atomic E-state index is -2.50. The number of para-hydroxylation sites is 1. The number of nitrogens with one attached hydrogen (secondary N) is 1. The molecule has 0 saturated heterocycles. The third-order valence-electron chi connectivity index (χ3n) is 3.13. The first-order chi connectivity index (χ1) is 10.2. The highest BCUT2D eigenvalue weighted by molar-refractivity contribution is 7.61. The average Bonchev–Trinajstić information content (AvgIpc) is 2.68. The summed E-state index contributed by atoms with van der Waals surface area (Å²) in [7, 11) is -2.50. The van der Waals surface area contributed by atoms with E-state index in [9.17, 15) is 8.42 Å². The van der Waals surface area contributed by atoms with Gasteiger partial charge >= 0.3 is 10.5 Å². The molecule has 1 aliphatic rings. The molecule has 0 saturated carbocycles. The number of hydrogen-bond donors (Lipinski definition) is 1. The molecule has 1 heterocycles. The zero-order chi connectivity index (χ0) is 14.7. The fraction of sp³-hybridized carbons (Fsp3) is 0. The zero-order valence-electron chi connectivity index (χ0n) is 11.0. The van der Waals surface area contributed by atoms with Crippen LogP contribution in [0, 0.1) is 0 Å². The molecule has 0 fully saturated rings. The van der Waals surface area contributed by atoms with Crippen LogP contribution in [-0.4, -0.2) is 8.42 Å². The summed E-state index contributed by atoms with van der Waals surface area (Å²) in [6, 6.07) is 17.3. The van der Waals surface area contributed by atoms with Crippen molar-refractivity contribution in [3.05, 3.63) is 77.5 Å². The molecule has 0 unspecified atom stereocenters. The van der Waals surface area contributed by atoms with E-state index in [4.69, 9.17) is 0 Å². The Hall–Kier alpha value is -2.66. The summed E-state index contributed by atoms with van der Waals surface area (Å²) in [6.45, 7) is 0. The fourth-order valence-electron chi connectivity index (χ4n) is 2.19. The summed E-state index contributed by atoms with van der Waals surface area (Å²) in [5.41, 5.74) is 3.82. The molecule has 4 nitrogen and oxygen atoms in total. The predicted octanol–water partition coefficient (Wildman–Crippen LogP) is 3.56. The zero-order valence-corrected chi connectivity index (χ0v) is 11.8. The Kier molecular flexibility index (Phi) is 3.66. The van der Waals surface area contributed by atoms with E-state index in [-0.39, 0.29) is 0 Å². The summed E-state index contributed by atoms with van der Waals surface area (Å²) in [4.78, 5) is 0. The van der Waals surface area contributed by atoms with Crippen LogP contribution in [0.3, 0.4) is 0 Å². The van der Waals surface area contributed by atoms with Gasteiger partial charge in [0.05, 0.1) is 5.70 Å². The van der Waals surface area contributed by atoms with E-state index in [1.165, 1.54) is 0 Å². The van der Waals surface area contributed by atoms with Crippen LogP contribution in [0.25, 0.3) is 11.8 Å². The van der Waals surface area contributed by atoms with E-state index in [1.807, 2.05) is 60.7 Å². The molecule has 1 aliphatic heterocycles. The highest BCUT2D eigenvalue weighted by atomic mass is 32.2. The van der Waals surface area contributed by atoms with Crippen molar-refractivity contribution in [2.24, 2.45) is 4.36 Å². The number of hydrogen-bond acceptors (Lipinski definition) is 4. The van der Waals surface area contributed by atoms with Crippen LogP contribution in [0.2, 0.25) is 0 Å². The first-order valence-electron chi connectivity index (χ1n) is 6.39. The van der Waals surface area contributed by atoms with Gasteiger partial charge in [-0.25, -0.2) is 0 Å². The number of benzene rings is 2. The van der Waals surface area contributed by atoms with Gasteiger partial charge in [0, 0.05) is 11.3 Å². The lowest BCUT2D eigenvalue weighted by Crippen LogP contribution is -2.01. The third-order valence-corrected chi connectivity index (χ3v) is 3.48. The van der Waals surface area contributed by atoms with Crippen molar-refractivity contribution in [2.75, 3.05) is 5.32 Å². The Morgan fingerprint density at radius 3 is 2.33 bits per heavy atom. The summed E-state index contributed by atoms with van der Waals surface area (Å²) in [5, 5.41) is 3.28. The summed E-state index contributed by atoms with van der Waals surface area (Å²) >= 11 is 0. The molecule has 0 spiro atoms. The maximum atomic E-state index is 11.0. The SMILES string of the molecule is O=S(=O)=NC1=C(c2ccccc2)Nc2ccccc2C=C1. The Bertz CT molecular complexity index is 858. The molecule has 21 heavy (non-hydrogen) atoms. The highest BCUT2D eigenvalue weighted by Crippen LogP contribution is 2.29. The lowest BCUT2D eigenvalue weighted by atomic mass is 10.1. The van der Waals surface area contributed by atoms with Crippen LogP contribution >= 0.6 is 0 Å². The van der Waals surface area contributed by atoms with Crippen molar-refractivity contribution < 1.29 is 8.42 Å². The quantitative estimate of drug-likeness (QED) is 0.922. The number of allylic oxidation sites excluding steroid dienone is 1. The van der Waals surface area contributed by atoms with Gasteiger partial charge in [-0.1, -0.05) is 54.6 Å². The molecular formula is C16H12N2O2S. The molecule has 1 N–H and O–H groups in total. The molecule has 2 aromatic carbocycles. The summed E-state index contributed by atoms with van der Waals surface area (Å²) in [5.74, 6) is 0. The molecule has 0 aromatic heterocycles. The number of nitrogens with zero attached hydrogens (tertiary/aromatic N) is 1. The van der Waals surface area contributed by atoms with Crippen molar-refractivity contribution in [3.63, 3.8) is 0 Å². The van der Waals surface area contributed by atoms with E-state index in [0.717, 1.165) is 16.8 Å². The standard InChI is InChI=1S/C16H12N2O2S/c19-21(20)18-15-11-10-12-6-4-5-9-14(12)17-16(15)13-7-2-1-3-8-13/h1-11,17H. The van der Waals surface area contributed by atoms with Crippen LogP contribution < -0.4 is 5.32 Å². The number of rotatable bonds is 2. The second-order valence-electron chi connectivity index (χ2n) is 4.48. The maximum absolute atomic E-state index is 11.0. The Morgan fingerprint density at radius 1 is 0.857 bits per heavy atom. The van der Waals surface area contributed by atoms with Gasteiger partial charge in [-0.05, 0) is 17.7 Å². The van der Waals surface area contributed by atoms with Crippen LogP contribution in [0.1, 0.15) is 11.1 Å². The van der Waals surface area contributed by atoms with Crippen LogP contribution in [0.15, 0.2) is 70.7 Å². The Balaban J connectivity index is 2.21. The number of anilines is 1. The molecule has 0 atom stereocenters. The van der Waals surface area contributed by atoms with E-state index < -0.39 is 10.5 Å². The van der Waals surface area contributed by atoms with Crippen molar-refractivity contribution in [3.8, 4) is 0 Å². The normalized spacial score (nSPS) is 13.1. The van der Waals surface area contributed by atoms with E-state index in [0.29, 0.717) is 11.4 Å². The fourth-order valence-corrected chi connectivity index (χ4v) is 2.50. The van der Waals surface area contributed by atoms with Crippen molar-refractivity contribution in [2.45, 2.75) is 0 Å². The number of fused-ring (bicyclic) bond motifs is 1. The molecule has 2 aromatic rings. The smallest absolute Gasteiger partial charge is 0.316 e. The van der Waals surface area contributed by atoms with Crippen LogP contribution in [0.5, 0.6) is 0 Å². The van der Waals surface area contributed by atoms with Gasteiger partial charge in [0.25, 0.3) is 0 Å². The van der Waals surface area contributed by atoms with Gasteiger partial charge in [-0.2, -0.15) is 8.42 Å². The largest absolute Gasteiger partial charge is 0.353 e. The molecule has 0 aliphatic carbocycles. The topological polar surface area (TPSA) is 58.5 Å². The maximum Gasteiger partial charge on any atom is 0.316 e. The highest BCUT2D eigenvalue weighted by Gasteiger charge is 2.12. The minimum absolute atomic E-state index is 0.380. The monoisotopic (exact) mass is 296 g/mol. The van der Waals surface area contributed by atoms with Crippen LogP contribution in [0.4, 0.5) is 5.69 Å². The molecule has 0 bridgehead atoms. The van der Waals surface area contributed by atoms with E-state index >= 15 is 0 Å². The van der Waals surface area contributed by atoms with E-state index in [1.54, 1.807) is 6.08 Å². The first kappa shape index (κ1) is 13.3. The van der Waals surface area contributed by atoms with Gasteiger partial charge in [0.2, 0.25) is 0 Å². The van der Waals surface area contributed by atoms with Gasteiger partial charge in [0.15, 0.2) is 0 Å².